The molecular formula is C14H21N3O3. The van der Waals surface area contributed by atoms with Crippen LogP contribution in [0.3, 0.4) is 0 Å². The largest absolute Gasteiger partial charge is 0.481 e. The molecule has 1 aromatic rings. The second kappa shape index (κ2) is 6.07. The lowest BCUT2D eigenvalue weighted by atomic mass is 9.95. The number of rotatable bonds is 5. The van der Waals surface area contributed by atoms with Gasteiger partial charge in [0, 0.05) is 19.4 Å². The summed E-state index contributed by atoms with van der Waals surface area (Å²) in [5, 5.41) is 12.1. The van der Waals surface area contributed by atoms with Crippen molar-refractivity contribution >= 4 is 11.9 Å². The highest BCUT2D eigenvalue weighted by Crippen LogP contribution is 2.38. The average molecular weight is 279 g/mol. The number of carboxylic acid groups (broad SMARTS) is 1. The normalized spacial score (nSPS) is 25.6. The molecule has 1 amide bonds. The molecule has 1 saturated carbocycles. The summed E-state index contributed by atoms with van der Waals surface area (Å²) in [7, 11) is 1.86. The highest BCUT2D eigenvalue weighted by Gasteiger charge is 2.41. The van der Waals surface area contributed by atoms with Crippen molar-refractivity contribution < 1.29 is 14.7 Å². The molecule has 0 spiro atoms. The smallest absolute Gasteiger partial charge is 0.307 e. The predicted octanol–water partition coefficient (Wildman–Crippen LogP) is 1.17. The zero-order chi connectivity index (χ0) is 14.7. The number of hydrogen-bond donors (Lipinski definition) is 2. The number of carbonyl (C=O) groups is 2. The fraction of sp³-hybridized carbons (Fsp3) is 0.643. The SMILES string of the molecule is CCC1CC(C(=O)O)C(C(=O)NCc2nccn2C)C1. The van der Waals surface area contributed by atoms with Gasteiger partial charge in [0.05, 0.1) is 18.4 Å². The Labute approximate surface area is 118 Å². The molecule has 6 heteroatoms. The molecule has 2 rings (SSSR count). The molecule has 20 heavy (non-hydrogen) atoms. The molecule has 6 nitrogen and oxygen atoms in total. The summed E-state index contributed by atoms with van der Waals surface area (Å²) < 4.78 is 1.83. The van der Waals surface area contributed by atoms with Crippen LogP contribution in [-0.4, -0.2) is 26.5 Å². The van der Waals surface area contributed by atoms with E-state index in [0.29, 0.717) is 25.3 Å². The molecule has 0 radical (unpaired) electrons. The Bertz CT molecular complexity index is 498. The molecule has 1 aliphatic carbocycles. The minimum absolute atomic E-state index is 0.170. The Morgan fingerprint density at radius 1 is 1.45 bits per heavy atom. The quantitative estimate of drug-likeness (QED) is 0.847. The first-order valence-corrected chi connectivity index (χ1v) is 6.99. The number of aryl methyl sites for hydroxylation is 1. The summed E-state index contributed by atoms with van der Waals surface area (Å²) in [5.41, 5.74) is 0. The molecule has 110 valence electrons. The maximum Gasteiger partial charge on any atom is 0.307 e. The Morgan fingerprint density at radius 3 is 2.70 bits per heavy atom. The summed E-state index contributed by atoms with van der Waals surface area (Å²) in [4.78, 5) is 27.6. The second-order valence-corrected chi connectivity index (χ2v) is 5.47. The Balaban J connectivity index is 1.97. The molecule has 0 saturated heterocycles. The third-order valence-corrected chi connectivity index (χ3v) is 4.23. The van der Waals surface area contributed by atoms with Gasteiger partial charge in [-0.05, 0) is 18.8 Å². The van der Waals surface area contributed by atoms with Gasteiger partial charge in [-0.25, -0.2) is 4.98 Å². The molecule has 1 heterocycles. The van der Waals surface area contributed by atoms with Gasteiger partial charge in [0.15, 0.2) is 0 Å². The lowest BCUT2D eigenvalue weighted by Gasteiger charge is -2.15. The molecule has 0 bridgehead atoms. The summed E-state index contributed by atoms with van der Waals surface area (Å²) in [5.74, 6) is -0.913. The minimum atomic E-state index is -0.863. The summed E-state index contributed by atoms with van der Waals surface area (Å²) in [6.45, 7) is 2.37. The molecular weight excluding hydrogens is 258 g/mol. The summed E-state index contributed by atoms with van der Waals surface area (Å²) in [6, 6.07) is 0. The Kier molecular flexibility index (Phi) is 4.42. The van der Waals surface area contributed by atoms with Crippen molar-refractivity contribution in [1.29, 1.82) is 0 Å². The van der Waals surface area contributed by atoms with E-state index in [9.17, 15) is 14.7 Å². The maximum absolute atomic E-state index is 12.2. The standard InChI is InChI=1S/C14H21N3O3/c1-3-9-6-10(11(7-9)14(19)20)13(18)16-8-12-15-4-5-17(12)2/h4-5,9-11H,3,6-8H2,1-2H3,(H,16,18)(H,19,20). The number of nitrogens with one attached hydrogen (secondary N) is 1. The van der Waals surface area contributed by atoms with Crippen LogP contribution in [-0.2, 0) is 23.2 Å². The van der Waals surface area contributed by atoms with E-state index in [0.717, 1.165) is 12.2 Å². The van der Waals surface area contributed by atoms with Crippen molar-refractivity contribution in [3.63, 3.8) is 0 Å². The Morgan fingerprint density at radius 2 is 2.15 bits per heavy atom. The number of carbonyl (C=O) groups excluding carboxylic acids is 1. The lowest BCUT2D eigenvalue weighted by Crippen LogP contribution is -2.35. The molecule has 3 atom stereocenters. The van der Waals surface area contributed by atoms with Gasteiger partial charge in [0.1, 0.15) is 5.82 Å². The number of aliphatic carboxylic acids is 1. The van der Waals surface area contributed by atoms with Crippen LogP contribution in [0, 0.1) is 17.8 Å². The van der Waals surface area contributed by atoms with E-state index in [4.69, 9.17) is 0 Å². The van der Waals surface area contributed by atoms with Gasteiger partial charge in [-0.1, -0.05) is 13.3 Å². The van der Waals surface area contributed by atoms with E-state index in [1.54, 1.807) is 6.20 Å². The van der Waals surface area contributed by atoms with E-state index in [1.165, 1.54) is 0 Å². The van der Waals surface area contributed by atoms with Gasteiger partial charge < -0.3 is 15.0 Å². The van der Waals surface area contributed by atoms with E-state index < -0.39 is 17.8 Å². The molecule has 0 aromatic carbocycles. The first-order chi connectivity index (χ1) is 9.52. The van der Waals surface area contributed by atoms with Crippen LogP contribution < -0.4 is 5.32 Å². The first kappa shape index (κ1) is 14.6. The zero-order valence-electron chi connectivity index (χ0n) is 11.9. The highest BCUT2D eigenvalue weighted by atomic mass is 16.4. The van der Waals surface area contributed by atoms with Crippen LogP contribution >= 0.6 is 0 Å². The van der Waals surface area contributed by atoms with Gasteiger partial charge in [-0.3, -0.25) is 9.59 Å². The van der Waals surface area contributed by atoms with Gasteiger partial charge in [-0.15, -0.1) is 0 Å². The molecule has 2 N–H and O–H groups in total. The van der Waals surface area contributed by atoms with Crippen LogP contribution in [0.1, 0.15) is 32.0 Å². The monoisotopic (exact) mass is 279 g/mol. The van der Waals surface area contributed by atoms with Crippen molar-refractivity contribution in [2.75, 3.05) is 0 Å². The fourth-order valence-electron chi connectivity index (χ4n) is 2.90. The van der Waals surface area contributed by atoms with E-state index in [2.05, 4.69) is 10.3 Å². The van der Waals surface area contributed by atoms with Crippen LogP contribution in [0.15, 0.2) is 12.4 Å². The third-order valence-electron chi connectivity index (χ3n) is 4.23. The van der Waals surface area contributed by atoms with E-state index >= 15 is 0 Å². The average Bonchev–Trinajstić information content (AvgIpc) is 3.02. The topological polar surface area (TPSA) is 84.2 Å². The second-order valence-electron chi connectivity index (χ2n) is 5.47. The molecule has 1 fully saturated rings. The summed E-state index contributed by atoms with van der Waals surface area (Å²) >= 11 is 0. The predicted molar refractivity (Wildman–Crippen MR) is 72.7 cm³/mol. The van der Waals surface area contributed by atoms with Crippen LogP contribution in [0.25, 0.3) is 0 Å². The molecule has 1 aromatic heterocycles. The molecule has 1 aliphatic rings. The minimum Gasteiger partial charge on any atom is -0.481 e. The summed E-state index contributed by atoms with van der Waals surface area (Å²) in [6.07, 6.45) is 5.67. The fourth-order valence-corrected chi connectivity index (χ4v) is 2.90. The van der Waals surface area contributed by atoms with Gasteiger partial charge in [-0.2, -0.15) is 0 Å². The number of imidazole rings is 1. The van der Waals surface area contributed by atoms with Crippen molar-refractivity contribution in [1.82, 2.24) is 14.9 Å². The van der Waals surface area contributed by atoms with Gasteiger partial charge in [0.2, 0.25) is 5.91 Å². The number of nitrogens with zero attached hydrogens (tertiary/aromatic N) is 2. The van der Waals surface area contributed by atoms with Crippen LogP contribution in [0.5, 0.6) is 0 Å². The maximum atomic E-state index is 12.2. The van der Waals surface area contributed by atoms with E-state index in [-0.39, 0.29) is 5.91 Å². The van der Waals surface area contributed by atoms with Crippen molar-refractivity contribution in [3.05, 3.63) is 18.2 Å². The number of amides is 1. The van der Waals surface area contributed by atoms with Gasteiger partial charge >= 0.3 is 5.97 Å². The number of carboxylic acids is 1. The molecule has 3 unspecified atom stereocenters. The van der Waals surface area contributed by atoms with Crippen molar-refractivity contribution in [3.8, 4) is 0 Å². The van der Waals surface area contributed by atoms with E-state index in [1.807, 2.05) is 24.7 Å². The van der Waals surface area contributed by atoms with Gasteiger partial charge in [0.25, 0.3) is 0 Å². The third kappa shape index (κ3) is 3.00. The first-order valence-electron chi connectivity index (χ1n) is 6.99. The van der Waals surface area contributed by atoms with Crippen molar-refractivity contribution in [2.45, 2.75) is 32.7 Å². The zero-order valence-corrected chi connectivity index (χ0v) is 11.9. The number of aromatic nitrogens is 2. The van der Waals surface area contributed by atoms with Crippen LogP contribution in [0.4, 0.5) is 0 Å². The van der Waals surface area contributed by atoms with Crippen LogP contribution in [0.2, 0.25) is 0 Å². The lowest BCUT2D eigenvalue weighted by molar-refractivity contribution is -0.146. The molecule has 0 aliphatic heterocycles. The van der Waals surface area contributed by atoms with Crippen molar-refractivity contribution in [2.24, 2.45) is 24.8 Å². The Hall–Kier alpha value is -1.85. The number of hydrogen-bond acceptors (Lipinski definition) is 3. The highest BCUT2D eigenvalue weighted by molar-refractivity contribution is 5.85.